The van der Waals surface area contributed by atoms with E-state index in [9.17, 15) is 4.79 Å². The molecule has 11 nitrogen and oxygen atoms in total. The van der Waals surface area contributed by atoms with Crippen molar-refractivity contribution in [3.63, 3.8) is 0 Å². The SMILES string of the molecule is COc1ccc(CN(Cc2ccc(OC)cc2OC)c2ncnc3c2nnn3[C@@H]2CCC[C@H](C=O)C2)c(OC)c1. The number of aldehydes is 1. The molecule has 1 fully saturated rings. The van der Waals surface area contributed by atoms with Crippen molar-refractivity contribution >= 4 is 23.3 Å². The summed E-state index contributed by atoms with van der Waals surface area (Å²) >= 11 is 0. The van der Waals surface area contributed by atoms with E-state index in [1.807, 2.05) is 41.1 Å². The molecule has 0 radical (unpaired) electrons. The number of nitrogens with zero attached hydrogens (tertiary/aromatic N) is 6. The van der Waals surface area contributed by atoms with Crippen LogP contribution in [0, 0.1) is 5.92 Å². The van der Waals surface area contributed by atoms with Gasteiger partial charge in [0.05, 0.1) is 34.5 Å². The Morgan fingerprint density at radius 2 is 1.55 bits per heavy atom. The molecule has 0 spiro atoms. The van der Waals surface area contributed by atoms with Gasteiger partial charge in [-0.15, -0.1) is 5.10 Å². The van der Waals surface area contributed by atoms with Crippen molar-refractivity contribution in [2.45, 2.75) is 44.8 Å². The largest absolute Gasteiger partial charge is 0.497 e. The van der Waals surface area contributed by atoms with Crippen LogP contribution in [0.4, 0.5) is 5.82 Å². The lowest BCUT2D eigenvalue weighted by atomic mass is 9.87. The number of carbonyl (C=O) groups excluding carboxylic acids is 1. The van der Waals surface area contributed by atoms with Crippen molar-refractivity contribution in [3.8, 4) is 23.0 Å². The fraction of sp³-hybridized carbons (Fsp3) is 0.414. The molecular formula is C29H34N6O5. The number of hydrogen-bond acceptors (Lipinski definition) is 10. The molecule has 11 heteroatoms. The molecule has 1 saturated carbocycles. The summed E-state index contributed by atoms with van der Waals surface area (Å²) in [6.07, 6.45) is 6.13. The van der Waals surface area contributed by atoms with E-state index >= 15 is 0 Å². The highest BCUT2D eigenvalue weighted by Gasteiger charge is 2.27. The van der Waals surface area contributed by atoms with E-state index in [2.05, 4.69) is 25.2 Å². The molecule has 2 aromatic heterocycles. The number of fused-ring (bicyclic) bond motifs is 1. The summed E-state index contributed by atoms with van der Waals surface area (Å²) in [6.45, 7) is 0.913. The maximum atomic E-state index is 11.5. The summed E-state index contributed by atoms with van der Waals surface area (Å²) < 4.78 is 24.1. The van der Waals surface area contributed by atoms with E-state index in [0.717, 1.165) is 43.1 Å². The zero-order valence-corrected chi connectivity index (χ0v) is 23.2. The number of rotatable bonds is 11. The molecule has 0 unspecified atom stereocenters. The van der Waals surface area contributed by atoms with Crippen molar-refractivity contribution in [2.24, 2.45) is 5.92 Å². The maximum Gasteiger partial charge on any atom is 0.184 e. The highest BCUT2D eigenvalue weighted by Crippen LogP contribution is 2.35. The molecule has 0 amide bonds. The van der Waals surface area contributed by atoms with Gasteiger partial charge in [-0.25, -0.2) is 14.6 Å². The Morgan fingerprint density at radius 3 is 2.12 bits per heavy atom. The van der Waals surface area contributed by atoms with Gasteiger partial charge in [-0.3, -0.25) is 0 Å². The summed E-state index contributed by atoms with van der Waals surface area (Å²) in [6, 6.07) is 11.6. The number of methoxy groups -OCH3 is 4. The molecular weight excluding hydrogens is 512 g/mol. The van der Waals surface area contributed by atoms with E-state index in [1.54, 1.807) is 34.8 Å². The number of ether oxygens (including phenoxy) is 4. The van der Waals surface area contributed by atoms with Gasteiger partial charge in [0.15, 0.2) is 17.0 Å². The van der Waals surface area contributed by atoms with Gasteiger partial charge in [0, 0.05) is 42.3 Å². The second-order valence-corrected chi connectivity index (χ2v) is 9.83. The first-order valence-electron chi connectivity index (χ1n) is 13.3. The van der Waals surface area contributed by atoms with Gasteiger partial charge in [0.2, 0.25) is 0 Å². The van der Waals surface area contributed by atoms with Crippen molar-refractivity contribution in [1.82, 2.24) is 25.0 Å². The van der Waals surface area contributed by atoms with E-state index in [-0.39, 0.29) is 12.0 Å². The minimum absolute atomic E-state index is 0.0286. The summed E-state index contributed by atoms with van der Waals surface area (Å²) in [5, 5.41) is 9.04. The standard InChI is InChI=1S/C29H34N6O5/c1-37-23-10-8-20(25(13-23)39-3)15-34(16-21-9-11-24(38-2)14-26(21)40-4)28-27-29(31-18-30-28)35(33-32-27)22-7-5-6-19(12-22)17-36/h8-11,13-14,17-19,22H,5-7,12,15-16H2,1-4H3/t19-,22+/m0/s1. The van der Waals surface area contributed by atoms with Gasteiger partial charge in [-0.1, -0.05) is 11.6 Å². The minimum atomic E-state index is 0.0286. The van der Waals surface area contributed by atoms with Crippen LogP contribution in [-0.4, -0.2) is 59.7 Å². The van der Waals surface area contributed by atoms with Crippen molar-refractivity contribution in [2.75, 3.05) is 33.3 Å². The average molecular weight is 547 g/mol. The first kappa shape index (κ1) is 27.2. The molecule has 40 heavy (non-hydrogen) atoms. The molecule has 0 saturated heterocycles. The fourth-order valence-electron chi connectivity index (χ4n) is 5.36. The first-order valence-corrected chi connectivity index (χ1v) is 13.3. The van der Waals surface area contributed by atoms with E-state index in [1.165, 1.54) is 0 Å². The Kier molecular flexibility index (Phi) is 8.28. The van der Waals surface area contributed by atoms with Gasteiger partial charge < -0.3 is 28.6 Å². The highest BCUT2D eigenvalue weighted by atomic mass is 16.5. The Bertz CT molecular complexity index is 1420. The van der Waals surface area contributed by atoms with Gasteiger partial charge in [0.1, 0.15) is 35.6 Å². The molecule has 0 bridgehead atoms. The normalized spacial score (nSPS) is 16.9. The molecule has 2 aromatic carbocycles. The molecule has 210 valence electrons. The van der Waals surface area contributed by atoms with Crippen LogP contribution < -0.4 is 23.8 Å². The quantitative estimate of drug-likeness (QED) is 0.251. The van der Waals surface area contributed by atoms with E-state index in [4.69, 9.17) is 18.9 Å². The van der Waals surface area contributed by atoms with E-state index in [0.29, 0.717) is 53.1 Å². The molecule has 5 rings (SSSR count). The van der Waals surface area contributed by atoms with Crippen LogP contribution in [0.3, 0.4) is 0 Å². The molecule has 1 aliphatic carbocycles. The summed E-state index contributed by atoms with van der Waals surface area (Å²) in [7, 11) is 6.53. The summed E-state index contributed by atoms with van der Waals surface area (Å²) in [4.78, 5) is 22.9. The minimum Gasteiger partial charge on any atom is -0.497 e. The van der Waals surface area contributed by atoms with Crippen LogP contribution in [0.25, 0.3) is 11.2 Å². The summed E-state index contributed by atoms with van der Waals surface area (Å²) in [5.74, 6) is 3.47. The number of carbonyl (C=O) groups is 1. The number of benzene rings is 2. The Morgan fingerprint density at radius 1 is 0.900 bits per heavy atom. The van der Waals surface area contributed by atoms with Gasteiger partial charge in [-0.05, 0) is 43.5 Å². The average Bonchev–Trinajstić information content (AvgIpc) is 3.45. The van der Waals surface area contributed by atoms with Gasteiger partial charge in [-0.2, -0.15) is 0 Å². The Hall–Kier alpha value is -4.41. The number of aromatic nitrogens is 5. The van der Waals surface area contributed by atoms with Crippen molar-refractivity contribution in [3.05, 3.63) is 53.9 Å². The molecule has 0 N–H and O–H groups in total. The molecule has 2 heterocycles. The molecule has 2 atom stereocenters. The third-order valence-electron chi connectivity index (χ3n) is 7.48. The predicted molar refractivity (Wildman–Crippen MR) is 149 cm³/mol. The van der Waals surface area contributed by atoms with Crippen LogP contribution in [-0.2, 0) is 17.9 Å². The number of hydrogen-bond donors (Lipinski definition) is 0. The second kappa shape index (κ2) is 12.2. The summed E-state index contributed by atoms with van der Waals surface area (Å²) in [5.41, 5.74) is 3.12. The number of anilines is 1. The lowest BCUT2D eigenvalue weighted by Gasteiger charge is -2.27. The lowest BCUT2D eigenvalue weighted by Crippen LogP contribution is -2.24. The van der Waals surface area contributed by atoms with Crippen LogP contribution in [0.2, 0.25) is 0 Å². The second-order valence-electron chi connectivity index (χ2n) is 9.83. The molecule has 4 aromatic rings. The van der Waals surface area contributed by atoms with Crippen LogP contribution in [0.15, 0.2) is 42.7 Å². The van der Waals surface area contributed by atoms with Crippen LogP contribution in [0.1, 0.15) is 42.9 Å². The fourth-order valence-corrected chi connectivity index (χ4v) is 5.36. The Labute approximate surface area is 233 Å². The van der Waals surface area contributed by atoms with Gasteiger partial charge in [0.25, 0.3) is 0 Å². The lowest BCUT2D eigenvalue weighted by molar-refractivity contribution is -0.112. The zero-order chi connectivity index (χ0) is 28.1. The highest BCUT2D eigenvalue weighted by molar-refractivity contribution is 5.82. The predicted octanol–water partition coefficient (Wildman–Crippen LogP) is 4.39. The van der Waals surface area contributed by atoms with Crippen LogP contribution >= 0.6 is 0 Å². The molecule has 0 aliphatic heterocycles. The zero-order valence-electron chi connectivity index (χ0n) is 23.2. The third-order valence-corrected chi connectivity index (χ3v) is 7.48. The van der Waals surface area contributed by atoms with Crippen molar-refractivity contribution < 1.29 is 23.7 Å². The molecule has 1 aliphatic rings. The van der Waals surface area contributed by atoms with Crippen molar-refractivity contribution in [1.29, 1.82) is 0 Å². The Balaban J connectivity index is 1.57. The van der Waals surface area contributed by atoms with Gasteiger partial charge >= 0.3 is 0 Å². The third kappa shape index (κ3) is 5.49. The topological polar surface area (TPSA) is 114 Å². The monoisotopic (exact) mass is 546 g/mol. The van der Waals surface area contributed by atoms with E-state index < -0.39 is 0 Å². The maximum absolute atomic E-state index is 11.5. The smallest absolute Gasteiger partial charge is 0.184 e. The van der Waals surface area contributed by atoms with Crippen LogP contribution in [0.5, 0.6) is 23.0 Å². The first-order chi connectivity index (χ1) is 19.6.